The van der Waals surface area contributed by atoms with Crippen molar-refractivity contribution in [2.75, 3.05) is 0 Å². The summed E-state index contributed by atoms with van der Waals surface area (Å²) >= 11 is 0. The average molecular weight is 360 g/mol. The van der Waals surface area contributed by atoms with E-state index in [1.807, 2.05) is 6.92 Å². The van der Waals surface area contributed by atoms with Crippen LogP contribution in [0, 0.1) is 23.2 Å². The van der Waals surface area contributed by atoms with Gasteiger partial charge in [-0.25, -0.2) is 0 Å². The van der Waals surface area contributed by atoms with E-state index in [1.54, 1.807) is 6.21 Å². The van der Waals surface area contributed by atoms with E-state index in [1.165, 1.54) is 0 Å². The number of carbonyl (C=O) groups is 1. The Morgan fingerprint density at radius 1 is 1.31 bits per heavy atom. The van der Waals surface area contributed by atoms with Crippen molar-refractivity contribution < 1.29 is 9.90 Å². The molecule has 3 unspecified atom stereocenters. The summed E-state index contributed by atoms with van der Waals surface area (Å²) in [5, 5.41) is 17.5. The molecule has 0 spiro atoms. The number of aliphatic hydroxyl groups is 1. The molecule has 144 valence electrons. The Labute approximate surface area is 156 Å². The van der Waals surface area contributed by atoms with Crippen LogP contribution in [0.15, 0.2) is 16.3 Å². The lowest BCUT2D eigenvalue weighted by Gasteiger charge is -2.58. The van der Waals surface area contributed by atoms with E-state index < -0.39 is 5.60 Å². The van der Waals surface area contributed by atoms with Gasteiger partial charge in [-0.05, 0) is 68.6 Å². The summed E-state index contributed by atoms with van der Waals surface area (Å²) in [7, 11) is 0. The lowest BCUT2D eigenvalue weighted by Crippen LogP contribution is -2.61. The molecule has 26 heavy (non-hydrogen) atoms. The number of allylic oxidation sites excluding steroid dienone is 1. The summed E-state index contributed by atoms with van der Waals surface area (Å²) in [4.78, 5) is 17.5. The van der Waals surface area contributed by atoms with Crippen molar-refractivity contribution in [2.24, 2.45) is 28.2 Å². The van der Waals surface area contributed by atoms with Crippen molar-refractivity contribution in [1.29, 1.82) is 0 Å². The summed E-state index contributed by atoms with van der Waals surface area (Å²) in [6.07, 6.45) is 7.56. The standard InChI is InChI=1S/C21H33N3O2/c1-12-22-11-16(17(23-12)10-20(2,3)4)19(25)24-18-14-5-13-6-15(18)9-21(26,7-13)8-14/h11-15,18,23,26H,5-10H2,1-4H3,(H,24,25). The number of carbonyl (C=O) groups excluding carboxylic acids is 1. The molecule has 0 aromatic rings. The molecule has 0 saturated heterocycles. The van der Waals surface area contributed by atoms with Crippen LogP contribution in [0.1, 0.15) is 66.2 Å². The molecule has 4 bridgehead atoms. The van der Waals surface area contributed by atoms with Crippen LogP contribution in [-0.2, 0) is 4.79 Å². The quantitative estimate of drug-likeness (QED) is 0.725. The molecule has 4 fully saturated rings. The van der Waals surface area contributed by atoms with E-state index in [2.05, 4.69) is 36.4 Å². The molecule has 3 atom stereocenters. The Kier molecular flexibility index (Phi) is 4.22. The molecule has 5 heteroatoms. The van der Waals surface area contributed by atoms with Crippen molar-refractivity contribution in [3.63, 3.8) is 0 Å². The highest BCUT2D eigenvalue weighted by Gasteiger charge is 2.55. The zero-order chi connectivity index (χ0) is 18.7. The molecule has 1 amide bonds. The van der Waals surface area contributed by atoms with Gasteiger partial charge in [0.2, 0.25) is 0 Å². The number of amides is 1. The topological polar surface area (TPSA) is 73.7 Å². The largest absolute Gasteiger partial charge is 0.390 e. The van der Waals surface area contributed by atoms with Gasteiger partial charge in [0.1, 0.15) is 6.17 Å². The maximum absolute atomic E-state index is 13.1. The van der Waals surface area contributed by atoms with Gasteiger partial charge >= 0.3 is 0 Å². The maximum atomic E-state index is 13.1. The van der Waals surface area contributed by atoms with Gasteiger partial charge in [-0.15, -0.1) is 0 Å². The highest BCUT2D eigenvalue weighted by atomic mass is 16.3. The molecule has 1 heterocycles. The van der Waals surface area contributed by atoms with Crippen molar-refractivity contribution in [3.05, 3.63) is 11.3 Å². The number of hydrogen-bond acceptors (Lipinski definition) is 4. The van der Waals surface area contributed by atoms with Gasteiger partial charge in [0.15, 0.2) is 0 Å². The number of hydrogen-bond donors (Lipinski definition) is 3. The smallest absolute Gasteiger partial charge is 0.254 e. The van der Waals surface area contributed by atoms with Crippen LogP contribution >= 0.6 is 0 Å². The molecule has 0 radical (unpaired) electrons. The Morgan fingerprint density at radius 3 is 2.54 bits per heavy atom. The molecular formula is C21H33N3O2. The van der Waals surface area contributed by atoms with Crippen LogP contribution in [0.3, 0.4) is 0 Å². The molecule has 5 aliphatic rings. The highest BCUT2D eigenvalue weighted by molar-refractivity contribution is 6.13. The van der Waals surface area contributed by atoms with Crippen molar-refractivity contribution in [3.8, 4) is 0 Å². The minimum Gasteiger partial charge on any atom is -0.390 e. The van der Waals surface area contributed by atoms with Crippen molar-refractivity contribution in [2.45, 2.75) is 84.0 Å². The number of nitrogens with zero attached hydrogens (tertiary/aromatic N) is 1. The second kappa shape index (κ2) is 6.08. The SMILES string of the molecule is CC1N=CC(C(=O)NC2C3CC4CC2CC(O)(C4)C3)=C(CC(C)(C)C)N1. The normalized spacial score (nSPS) is 41.3. The van der Waals surface area contributed by atoms with E-state index in [0.29, 0.717) is 23.3 Å². The predicted molar refractivity (Wildman–Crippen MR) is 103 cm³/mol. The van der Waals surface area contributed by atoms with Crippen LogP contribution in [0.4, 0.5) is 0 Å². The Hall–Kier alpha value is -1.36. The Balaban J connectivity index is 1.52. The molecule has 4 aliphatic carbocycles. The lowest BCUT2D eigenvalue weighted by molar-refractivity contribution is -0.145. The fraction of sp³-hybridized carbons (Fsp3) is 0.810. The van der Waals surface area contributed by atoms with E-state index in [9.17, 15) is 9.90 Å². The van der Waals surface area contributed by atoms with Crippen LogP contribution < -0.4 is 10.6 Å². The second-order valence-corrected chi connectivity index (χ2v) is 10.4. The molecule has 5 rings (SSSR count). The van der Waals surface area contributed by atoms with E-state index in [-0.39, 0.29) is 23.5 Å². The molecule has 5 nitrogen and oxygen atoms in total. The maximum Gasteiger partial charge on any atom is 0.254 e. The fourth-order valence-corrected chi connectivity index (χ4v) is 5.95. The second-order valence-electron chi connectivity index (χ2n) is 10.4. The molecule has 1 aliphatic heterocycles. The lowest BCUT2D eigenvalue weighted by atomic mass is 9.52. The van der Waals surface area contributed by atoms with Crippen molar-refractivity contribution in [1.82, 2.24) is 10.6 Å². The summed E-state index contributed by atoms with van der Waals surface area (Å²) < 4.78 is 0. The monoisotopic (exact) mass is 359 g/mol. The van der Waals surface area contributed by atoms with Gasteiger partial charge in [0.05, 0.1) is 11.2 Å². The Bertz CT molecular complexity index is 645. The van der Waals surface area contributed by atoms with E-state index in [4.69, 9.17) is 0 Å². The first-order valence-electron chi connectivity index (χ1n) is 10.2. The zero-order valence-corrected chi connectivity index (χ0v) is 16.5. The first-order valence-corrected chi connectivity index (χ1v) is 10.2. The molecule has 4 saturated carbocycles. The third kappa shape index (κ3) is 3.42. The molecule has 0 aromatic heterocycles. The first kappa shape index (κ1) is 18.0. The minimum atomic E-state index is -0.461. The first-order chi connectivity index (χ1) is 12.1. The number of aliphatic imine (C=N–C) groups is 1. The number of nitrogens with one attached hydrogen (secondary N) is 2. The average Bonchev–Trinajstić information content (AvgIpc) is 2.47. The van der Waals surface area contributed by atoms with Gasteiger partial charge in [-0.1, -0.05) is 20.8 Å². The molecular weight excluding hydrogens is 326 g/mol. The third-order valence-electron chi connectivity index (χ3n) is 6.63. The van der Waals surface area contributed by atoms with Crippen LogP contribution in [0.25, 0.3) is 0 Å². The highest BCUT2D eigenvalue weighted by Crippen LogP contribution is 2.55. The zero-order valence-electron chi connectivity index (χ0n) is 16.5. The van der Waals surface area contributed by atoms with Crippen LogP contribution in [-0.4, -0.2) is 35.0 Å². The number of rotatable bonds is 3. The summed E-state index contributed by atoms with van der Waals surface area (Å²) in [6, 6.07) is 0.204. The van der Waals surface area contributed by atoms with Gasteiger partial charge in [0.25, 0.3) is 5.91 Å². The van der Waals surface area contributed by atoms with Gasteiger partial charge in [-0.2, -0.15) is 0 Å². The van der Waals surface area contributed by atoms with Crippen LogP contribution in [0.5, 0.6) is 0 Å². The van der Waals surface area contributed by atoms with Gasteiger partial charge < -0.3 is 15.7 Å². The Morgan fingerprint density at radius 2 is 1.96 bits per heavy atom. The van der Waals surface area contributed by atoms with Crippen LogP contribution in [0.2, 0.25) is 0 Å². The fourth-order valence-electron chi connectivity index (χ4n) is 5.95. The van der Waals surface area contributed by atoms with Gasteiger partial charge in [0, 0.05) is 18.0 Å². The molecule has 3 N–H and O–H groups in total. The van der Waals surface area contributed by atoms with E-state index in [0.717, 1.165) is 44.2 Å². The van der Waals surface area contributed by atoms with Gasteiger partial charge in [-0.3, -0.25) is 9.79 Å². The predicted octanol–water partition coefficient (Wildman–Crippen LogP) is 2.75. The van der Waals surface area contributed by atoms with Crippen molar-refractivity contribution >= 4 is 12.1 Å². The van der Waals surface area contributed by atoms with E-state index >= 15 is 0 Å². The summed E-state index contributed by atoms with van der Waals surface area (Å²) in [5.41, 5.74) is 1.33. The molecule has 0 aromatic carbocycles. The minimum absolute atomic E-state index is 0.00290. The summed E-state index contributed by atoms with van der Waals surface area (Å²) in [6.45, 7) is 8.57. The third-order valence-corrected chi connectivity index (χ3v) is 6.63. The summed E-state index contributed by atoms with van der Waals surface area (Å²) in [5.74, 6) is 1.50.